The molecule has 0 atom stereocenters. The lowest BCUT2D eigenvalue weighted by atomic mass is 10.1. The summed E-state index contributed by atoms with van der Waals surface area (Å²) < 4.78 is 3.32. The smallest absolute Gasteiger partial charge is 0.252 e. The Balaban J connectivity index is 2.11. The first-order valence-corrected chi connectivity index (χ1v) is 10.3. The summed E-state index contributed by atoms with van der Waals surface area (Å²) in [7, 11) is 0. The van der Waals surface area contributed by atoms with Gasteiger partial charge in [-0.2, -0.15) is 5.10 Å². The molecular weight excluding hydrogens is 364 g/mol. The summed E-state index contributed by atoms with van der Waals surface area (Å²) in [5, 5.41) is 8.59. The molecule has 6 nitrogen and oxygen atoms in total. The SMILES string of the molecule is CCc1cc(=O)n(CC(=O)NCCC(C)C)c2c1c(C)nn2-c1ccc(C)cc1. The van der Waals surface area contributed by atoms with Crippen LogP contribution in [0.25, 0.3) is 16.7 Å². The van der Waals surface area contributed by atoms with E-state index < -0.39 is 0 Å². The number of hydrogen-bond donors (Lipinski definition) is 1. The summed E-state index contributed by atoms with van der Waals surface area (Å²) >= 11 is 0. The monoisotopic (exact) mass is 394 g/mol. The number of benzene rings is 1. The Kier molecular flexibility index (Phi) is 6.20. The molecule has 29 heavy (non-hydrogen) atoms. The molecule has 0 fully saturated rings. The van der Waals surface area contributed by atoms with Gasteiger partial charge in [0.1, 0.15) is 12.2 Å². The Morgan fingerprint density at radius 2 is 1.86 bits per heavy atom. The van der Waals surface area contributed by atoms with E-state index in [2.05, 4.69) is 19.2 Å². The molecule has 2 aromatic heterocycles. The molecular formula is C23H30N4O2. The molecule has 0 bridgehead atoms. The zero-order valence-electron chi connectivity index (χ0n) is 18.0. The predicted octanol–water partition coefficient (Wildman–Crippen LogP) is 3.53. The highest BCUT2D eigenvalue weighted by Gasteiger charge is 2.19. The van der Waals surface area contributed by atoms with Crippen LogP contribution >= 0.6 is 0 Å². The van der Waals surface area contributed by atoms with E-state index in [4.69, 9.17) is 5.10 Å². The first-order valence-electron chi connectivity index (χ1n) is 10.3. The molecule has 0 spiro atoms. The minimum Gasteiger partial charge on any atom is -0.355 e. The van der Waals surface area contributed by atoms with Crippen LogP contribution in [-0.4, -0.2) is 26.8 Å². The Morgan fingerprint density at radius 1 is 1.17 bits per heavy atom. The van der Waals surface area contributed by atoms with Crippen molar-refractivity contribution >= 4 is 16.9 Å². The van der Waals surface area contributed by atoms with Gasteiger partial charge in [-0.1, -0.05) is 38.5 Å². The van der Waals surface area contributed by atoms with E-state index in [0.717, 1.165) is 40.7 Å². The summed E-state index contributed by atoms with van der Waals surface area (Å²) in [6, 6.07) is 9.64. The normalized spacial score (nSPS) is 11.4. The fourth-order valence-electron chi connectivity index (χ4n) is 3.54. The van der Waals surface area contributed by atoms with E-state index in [9.17, 15) is 9.59 Å². The third kappa shape index (κ3) is 4.42. The molecule has 0 aliphatic heterocycles. The van der Waals surface area contributed by atoms with Crippen LogP contribution in [0, 0.1) is 19.8 Å². The van der Waals surface area contributed by atoms with Crippen molar-refractivity contribution in [1.82, 2.24) is 19.7 Å². The highest BCUT2D eigenvalue weighted by atomic mass is 16.2. The first kappa shape index (κ1) is 20.8. The minimum atomic E-state index is -0.179. The van der Waals surface area contributed by atoms with Gasteiger partial charge in [-0.15, -0.1) is 0 Å². The van der Waals surface area contributed by atoms with Crippen molar-refractivity contribution in [3.05, 3.63) is 57.5 Å². The van der Waals surface area contributed by atoms with Crippen LogP contribution in [0.4, 0.5) is 0 Å². The van der Waals surface area contributed by atoms with Crippen LogP contribution in [-0.2, 0) is 17.8 Å². The van der Waals surface area contributed by atoms with Crippen molar-refractivity contribution < 1.29 is 4.79 Å². The van der Waals surface area contributed by atoms with E-state index >= 15 is 0 Å². The number of nitrogens with one attached hydrogen (secondary N) is 1. The number of rotatable bonds is 7. The quantitative estimate of drug-likeness (QED) is 0.666. The first-order chi connectivity index (χ1) is 13.8. The van der Waals surface area contributed by atoms with E-state index in [1.807, 2.05) is 45.0 Å². The van der Waals surface area contributed by atoms with Crippen molar-refractivity contribution in [3.8, 4) is 5.69 Å². The van der Waals surface area contributed by atoms with Crippen molar-refractivity contribution in [2.75, 3.05) is 6.54 Å². The Labute approximate surface area is 171 Å². The number of carbonyl (C=O) groups excluding carboxylic acids is 1. The molecule has 2 heterocycles. The van der Waals surface area contributed by atoms with Crippen molar-refractivity contribution in [3.63, 3.8) is 0 Å². The van der Waals surface area contributed by atoms with Gasteiger partial charge in [0.2, 0.25) is 5.91 Å². The number of fused-ring (bicyclic) bond motifs is 1. The van der Waals surface area contributed by atoms with Gasteiger partial charge < -0.3 is 5.32 Å². The molecule has 0 saturated carbocycles. The molecule has 3 aromatic rings. The Morgan fingerprint density at radius 3 is 2.48 bits per heavy atom. The third-order valence-corrected chi connectivity index (χ3v) is 5.18. The van der Waals surface area contributed by atoms with Gasteiger partial charge in [0, 0.05) is 18.0 Å². The zero-order valence-corrected chi connectivity index (χ0v) is 18.0. The molecule has 6 heteroatoms. The molecule has 0 saturated heterocycles. The molecule has 0 radical (unpaired) electrons. The zero-order chi connectivity index (χ0) is 21.1. The van der Waals surface area contributed by atoms with Crippen molar-refractivity contribution in [1.29, 1.82) is 0 Å². The molecule has 0 aliphatic rings. The van der Waals surface area contributed by atoms with Gasteiger partial charge in [0.25, 0.3) is 5.56 Å². The largest absolute Gasteiger partial charge is 0.355 e. The Bertz CT molecular complexity index is 1070. The standard InChI is InChI=1S/C23H30N4O2/c1-6-18-13-21(29)26(14-20(28)24-12-11-15(2)3)23-22(18)17(5)25-27(23)19-9-7-16(4)8-10-19/h7-10,13,15H,6,11-12,14H2,1-5H3,(H,24,28). The summed E-state index contributed by atoms with van der Waals surface area (Å²) in [5.74, 6) is 0.354. The van der Waals surface area contributed by atoms with Gasteiger partial charge in [-0.05, 0) is 50.3 Å². The summed E-state index contributed by atoms with van der Waals surface area (Å²) in [4.78, 5) is 25.5. The second kappa shape index (κ2) is 8.64. The van der Waals surface area contributed by atoms with E-state index in [1.54, 1.807) is 15.3 Å². The number of hydrogen-bond acceptors (Lipinski definition) is 3. The molecule has 0 aliphatic carbocycles. The summed E-state index contributed by atoms with van der Waals surface area (Å²) in [6.45, 7) is 10.8. The van der Waals surface area contributed by atoms with Crippen molar-refractivity contribution in [2.24, 2.45) is 5.92 Å². The van der Waals surface area contributed by atoms with Gasteiger partial charge in [-0.25, -0.2) is 4.68 Å². The van der Waals surface area contributed by atoms with Crippen LogP contribution in [0.3, 0.4) is 0 Å². The van der Waals surface area contributed by atoms with Gasteiger partial charge in [0.15, 0.2) is 0 Å². The lowest BCUT2D eigenvalue weighted by Gasteiger charge is -2.13. The van der Waals surface area contributed by atoms with Gasteiger partial charge in [0.05, 0.1) is 11.4 Å². The van der Waals surface area contributed by atoms with Crippen molar-refractivity contribution in [2.45, 2.75) is 54.0 Å². The highest BCUT2D eigenvalue weighted by Crippen LogP contribution is 2.24. The number of aryl methyl sites for hydroxylation is 3. The number of aromatic nitrogens is 3. The lowest BCUT2D eigenvalue weighted by molar-refractivity contribution is -0.121. The third-order valence-electron chi connectivity index (χ3n) is 5.18. The van der Waals surface area contributed by atoms with Gasteiger partial charge in [-0.3, -0.25) is 14.2 Å². The summed E-state index contributed by atoms with van der Waals surface area (Å²) in [6.07, 6.45) is 1.64. The number of nitrogens with zero attached hydrogens (tertiary/aromatic N) is 3. The van der Waals surface area contributed by atoms with Crippen LogP contribution < -0.4 is 10.9 Å². The lowest BCUT2D eigenvalue weighted by Crippen LogP contribution is -2.34. The van der Waals surface area contributed by atoms with Crippen LogP contribution in [0.2, 0.25) is 0 Å². The maximum Gasteiger partial charge on any atom is 0.252 e. The second-order valence-corrected chi connectivity index (χ2v) is 8.01. The predicted molar refractivity (Wildman–Crippen MR) is 117 cm³/mol. The number of carbonyl (C=O) groups is 1. The maximum atomic E-state index is 12.9. The van der Waals surface area contributed by atoms with Crippen LogP contribution in [0.5, 0.6) is 0 Å². The topological polar surface area (TPSA) is 68.9 Å². The van der Waals surface area contributed by atoms with Gasteiger partial charge >= 0.3 is 0 Å². The van der Waals surface area contributed by atoms with E-state index in [0.29, 0.717) is 18.1 Å². The van der Waals surface area contributed by atoms with E-state index in [-0.39, 0.29) is 18.0 Å². The Hall–Kier alpha value is -2.89. The fourth-order valence-corrected chi connectivity index (χ4v) is 3.54. The molecule has 1 aromatic carbocycles. The summed E-state index contributed by atoms with van der Waals surface area (Å²) in [5.41, 5.74) is 4.33. The number of pyridine rings is 1. The fraction of sp³-hybridized carbons (Fsp3) is 0.435. The van der Waals surface area contributed by atoms with E-state index in [1.165, 1.54) is 0 Å². The molecule has 154 valence electrons. The average Bonchev–Trinajstić information content (AvgIpc) is 3.01. The maximum absolute atomic E-state index is 12.9. The highest BCUT2D eigenvalue weighted by molar-refractivity contribution is 5.85. The second-order valence-electron chi connectivity index (χ2n) is 8.01. The minimum absolute atomic E-state index is 0.0194. The van der Waals surface area contributed by atoms with Crippen LogP contribution in [0.15, 0.2) is 35.1 Å². The van der Waals surface area contributed by atoms with Crippen LogP contribution in [0.1, 0.15) is 44.0 Å². The average molecular weight is 395 g/mol. The molecule has 1 amide bonds. The molecule has 3 rings (SSSR count). The molecule has 1 N–H and O–H groups in total. The number of amides is 1. The molecule has 0 unspecified atom stereocenters.